The molecule has 3 nitrogen and oxygen atoms in total. The minimum absolute atomic E-state index is 0.0254. The van der Waals surface area contributed by atoms with Crippen LogP contribution in [0.3, 0.4) is 0 Å². The summed E-state index contributed by atoms with van der Waals surface area (Å²) in [5.74, 6) is 0.578. The molecule has 0 radical (unpaired) electrons. The van der Waals surface area contributed by atoms with Crippen molar-refractivity contribution in [1.29, 1.82) is 0 Å². The van der Waals surface area contributed by atoms with Crippen LogP contribution in [0.25, 0.3) is 5.69 Å². The lowest BCUT2D eigenvalue weighted by molar-refractivity contribution is 0.497. The van der Waals surface area contributed by atoms with Gasteiger partial charge in [-0.15, -0.1) is 11.8 Å². The monoisotopic (exact) mass is 275 g/mol. The van der Waals surface area contributed by atoms with Crippen LogP contribution in [0.4, 0.5) is 0 Å². The predicted molar refractivity (Wildman–Crippen MR) is 81.7 cm³/mol. The number of nitrogens with two attached hydrogens (primary N) is 1. The lowest BCUT2D eigenvalue weighted by atomic mass is 10.0. The third-order valence-corrected chi connectivity index (χ3v) is 3.90. The highest BCUT2D eigenvalue weighted by molar-refractivity contribution is 7.98. The molecule has 0 aliphatic carbocycles. The number of nitrogens with zero attached hydrogens (tertiary/aromatic N) is 2. The van der Waals surface area contributed by atoms with Crippen LogP contribution in [0.5, 0.6) is 0 Å². The number of hydrogen-bond acceptors (Lipinski definition) is 3. The van der Waals surface area contributed by atoms with Gasteiger partial charge in [-0.05, 0) is 30.7 Å². The van der Waals surface area contributed by atoms with Gasteiger partial charge in [-0.2, -0.15) is 0 Å². The number of rotatable bonds is 5. The number of para-hydroxylation sites is 1. The second kappa shape index (κ2) is 6.26. The van der Waals surface area contributed by atoms with E-state index in [4.69, 9.17) is 5.73 Å². The zero-order valence-electron chi connectivity index (χ0n) is 11.7. The standard InChI is InChI=1S/C15H21N3S/c1-11(2)8-12(16)14-9-17-10-18(14)13-6-4-5-7-15(13)19-3/h4-7,9-12H,8,16H2,1-3H3. The Bertz CT molecular complexity index is 534. The first kappa shape index (κ1) is 14.2. The molecule has 0 aliphatic heterocycles. The first-order valence-corrected chi connectivity index (χ1v) is 7.77. The van der Waals surface area contributed by atoms with Crippen molar-refractivity contribution in [3.05, 3.63) is 42.5 Å². The van der Waals surface area contributed by atoms with Crippen molar-refractivity contribution in [3.63, 3.8) is 0 Å². The highest BCUT2D eigenvalue weighted by Gasteiger charge is 2.15. The van der Waals surface area contributed by atoms with Gasteiger partial charge in [0.1, 0.15) is 0 Å². The van der Waals surface area contributed by atoms with Crippen LogP contribution in [0.1, 0.15) is 32.0 Å². The van der Waals surface area contributed by atoms with Gasteiger partial charge < -0.3 is 10.3 Å². The molecule has 4 heteroatoms. The van der Waals surface area contributed by atoms with Crippen molar-refractivity contribution in [2.75, 3.05) is 6.26 Å². The molecule has 0 saturated heterocycles. The van der Waals surface area contributed by atoms with Crippen LogP contribution in [0, 0.1) is 5.92 Å². The predicted octanol–water partition coefficient (Wildman–Crippen LogP) is 3.64. The highest BCUT2D eigenvalue weighted by Crippen LogP contribution is 2.27. The Morgan fingerprint density at radius 3 is 2.74 bits per heavy atom. The molecule has 102 valence electrons. The van der Waals surface area contributed by atoms with Crippen LogP contribution in [-0.4, -0.2) is 15.8 Å². The van der Waals surface area contributed by atoms with E-state index in [0.717, 1.165) is 17.8 Å². The Kier molecular flexibility index (Phi) is 4.66. The minimum Gasteiger partial charge on any atom is -0.323 e. The van der Waals surface area contributed by atoms with Crippen LogP contribution >= 0.6 is 11.8 Å². The van der Waals surface area contributed by atoms with E-state index in [1.54, 1.807) is 11.8 Å². The third-order valence-electron chi connectivity index (χ3n) is 3.12. The van der Waals surface area contributed by atoms with Gasteiger partial charge >= 0.3 is 0 Å². The fourth-order valence-corrected chi connectivity index (χ4v) is 2.83. The van der Waals surface area contributed by atoms with E-state index in [2.05, 4.69) is 47.9 Å². The van der Waals surface area contributed by atoms with Crippen LogP contribution in [0.15, 0.2) is 41.7 Å². The molecule has 0 aliphatic rings. The molecule has 0 fully saturated rings. The molecule has 2 aromatic rings. The minimum atomic E-state index is 0.0254. The number of imidazole rings is 1. The van der Waals surface area contributed by atoms with Gasteiger partial charge in [0.05, 0.1) is 23.9 Å². The zero-order valence-corrected chi connectivity index (χ0v) is 12.5. The molecule has 1 heterocycles. The summed E-state index contributed by atoms with van der Waals surface area (Å²) < 4.78 is 2.11. The van der Waals surface area contributed by atoms with Crippen molar-refractivity contribution < 1.29 is 0 Å². The number of thioether (sulfide) groups is 1. The molecular formula is C15H21N3S. The summed E-state index contributed by atoms with van der Waals surface area (Å²) in [6, 6.07) is 8.36. The summed E-state index contributed by atoms with van der Waals surface area (Å²) in [4.78, 5) is 5.51. The Balaban J connectivity index is 2.38. The highest BCUT2D eigenvalue weighted by atomic mass is 32.2. The molecule has 0 spiro atoms. The molecule has 1 aromatic heterocycles. The van der Waals surface area contributed by atoms with Gasteiger partial charge in [0.2, 0.25) is 0 Å². The van der Waals surface area contributed by atoms with Crippen molar-refractivity contribution in [1.82, 2.24) is 9.55 Å². The largest absolute Gasteiger partial charge is 0.323 e. The first-order chi connectivity index (χ1) is 9.13. The lowest BCUT2D eigenvalue weighted by Crippen LogP contribution is -2.16. The lowest BCUT2D eigenvalue weighted by Gasteiger charge is -2.18. The molecule has 2 N–H and O–H groups in total. The Labute approximate surface area is 119 Å². The summed E-state index contributed by atoms with van der Waals surface area (Å²) in [6.45, 7) is 4.38. The maximum Gasteiger partial charge on any atom is 0.0995 e. The number of hydrogen-bond donors (Lipinski definition) is 1. The van der Waals surface area contributed by atoms with Crippen LogP contribution in [-0.2, 0) is 0 Å². The smallest absolute Gasteiger partial charge is 0.0995 e. The van der Waals surface area contributed by atoms with Crippen LogP contribution in [0.2, 0.25) is 0 Å². The van der Waals surface area contributed by atoms with E-state index in [1.165, 1.54) is 4.90 Å². The number of aromatic nitrogens is 2. The SMILES string of the molecule is CSc1ccccc1-n1cncc1C(N)CC(C)C. The van der Waals surface area contributed by atoms with Gasteiger partial charge in [0, 0.05) is 10.9 Å². The third kappa shape index (κ3) is 3.19. The normalized spacial score (nSPS) is 12.9. The summed E-state index contributed by atoms with van der Waals surface area (Å²) in [5.41, 5.74) is 8.54. The summed E-state index contributed by atoms with van der Waals surface area (Å²) >= 11 is 1.74. The Hall–Kier alpha value is -1.26. The van der Waals surface area contributed by atoms with Crippen molar-refractivity contribution in [3.8, 4) is 5.69 Å². The van der Waals surface area contributed by atoms with Crippen molar-refractivity contribution in [2.24, 2.45) is 11.7 Å². The van der Waals surface area contributed by atoms with Gasteiger partial charge in [-0.3, -0.25) is 0 Å². The van der Waals surface area contributed by atoms with Gasteiger partial charge in [-0.25, -0.2) is 4.98 Å². The zero-order chi connectivity index (χ0) is 13.8. The molecule has 0 saturated carbocycles. The Morgan fingerprint density at radius 2 is 2.05 bits per heavy atom. The van der Waals surface area contributed by atoms with Crippen LogP contribution < -0.4 is 5.73 Å². The van der Waals surface area contributed by atoms with Crippen molar-refractivity contribution in [2.45, 2.75) is 31.2 Å². The fourth-order valence-electron chi connectivity index (χ4n) is 2.24. The first-order valence-electron chi connectivity index (χ1n) is 6.54. The Morgan fingerprint density at radius 1 is 1.32 bits per heavy atom. The van der Waals surface area contributed by atoms with E-state index in [1.807, 2.05) is 18.6 Å². The molecule has 19 heavy (non-hydrogen) atoms. The summed E-state index contributed by atoms with van der Waals surface area (Å²) in [6.07, 6.45) is 6.78. The molecule has 0 amide bonds. The molecule has 1 aromatic carbocycles. The summed E-state index contributed by atoms with van der Waals surface area (Å²) in [7, 11) is 0. The molecule has 2 rings (SSSR count). The molecule has 1 unspecified atom stereocenters. The quantitative estimate of drug-likeness (QED) is 0.847. The maximum atomic E-state index is 6.30. The van der Waals surface area contributed by atoms with E-state index < -0.39 is 0 Å². The number of benzene rings is 1. The van der Waals surface area contributed by atoms with Gasteiger partial charge in [0.25, 0.3) is 0 Å². The fraction of sp³-hybridized carbons (Fsp3) is 0.400. The molecular weight excluding hydrogens is 254 g/mol. The van der Waals surface area contributed by atoms with E-state index in [0.29, 0.717) is 5.92 Å². The van der Waals surface area contributed by atoms with Crippen molar-refractivity contribution >= 4 is 11.8 Å². The van der Waals surface area contributed by atoms with Gasteiger partial charge in [0.15, 0.2) is 0 Å². The average molecular weight is 275 g/mol. The molecule has 1 atom stereocenters. The van der Waals surface area contributed by atoms with E-state index in [-0.39, 0.29) is 6.04 Å². The van der Waals surface area contributed by atoms with E-state index in [9.17, 15) is 0 Å². The topological polar surface area (TPSA) is 43.8 Å². The summed E-state index contributed by atoms with van der Waals surface area (Å²) in [5, 5.41) is 0. The average Bonchev–Trinajstić information content (AvgIpc) is 2.87. The molecule has 0 bridgehead atoms. The van der Waals surface area contributed by atoms with Gasteiger partial charge in [-0.1, -0.05) is 26.0 Å². The second-order valence-electron chi connectivity index (χ2n) is 5.10. The van der Waals surface area contributed by atoms with E-state index >= 15 is 0 Å². The second-order valence-corrected chi connectivity index (χ2v) is 5.94. The maximum absolute atomic E-state index is 6.30.